The molecular weight excluding hydrogens is 398 g/mol. The van der Waals surface area contributed by atoms with Crippen molar-refractivity contribution in [2.45, 2.75) is 10.1 Å². The lowest BCUT2D eigenvalue weighted by Gasteiger charge is -2.04. The molecule has 0 amide bonds. The summed E-state index contributed by atoms with van der Waals surface area (Å²) in [6, 6.07) is 14.2. The van der Waals surface area contributed by atoms with Crippen LogP contribution in [0.5, 0.6) is 0 Å². The van der Waals surface area contributed by atoms with E-state index in [1.165, 1.54) is 23.9 Å². The van der Waals surface area contributed by atoms with Crippen molar-refractivity contribution in [2.75, 3.05) is 11.5 Å². The van der Waals surface area contributed by atoms with Gasteiger partial charge in [-0.25, -0.2) is 8.42 Å². The quantitative estimate of drug-likeness (QED) is 0.463. The maximum absolute atomic E-state index is 12.4. The largest absolute Gasteiger partial charge is 0.260 e. The molecule has 2 aromatic heterocycles. The van der Waals surface area contributed by atoms with Crippen molar-refractivity contribution in [3.63, 3.8) is 0 Å². The maximum Gasteiger partial charge on any atom is 0.217 e. The Labute approximate surface area is 157 Å². The first-order valence-electron chi connectivity index (χ1n) is 7.38. The number of thioether (sulfide) groups is 1. The van der Waals surface area contributed by atoms with Gasteiger partial charge in [-0.05, 0) is 36.4 Å². The molecule has 0 bridgehead atoms. The fourth-order valence-corrected chi connectivity index (χ4v) is 6.19. The zero-order valence-electron chi connectivity index (χ0n) is 12.8. The van der Waals surface area contributed by atoms with Gasteiger partial charge in [0.15, 0.2) is 15.0 Å². The van der Waals surface area contributed by atoms with Crippen LogP contribution < -0.4 is 0 Å². The molecule has 0 radical (unpaired) electrons. The van der Waals surface area contributed by atoms with Gasteiger partial charge in [0.25, 0.3) is 0 Å². The molecule has 128 valence electrons. The van der Waals surface area contributed by atoms with Gasteiger partial charge >= 0.3 is 0 Å². The average Bonchev–Trinajstić information content (AvgIpc) is 3.15. The number of benzene rings is 2. The topological polar surface area (TPSA) is 64.3 Å². The van der Waals surface area contributed by atoms with E-state index in [4.69, 9.17) is 11.6 Å². The smallest absolute Gasteiger partial charge is 0.217 e. The number of hydrogen-bond donors (Lipinski definition) is 0. The molecule has 0 aliphatic rings. The first kappa shape index (κ1) is 16.8. The van der Waals surface area contributed by atoms with Crippen LogP contribution in [0, 0.1) is 0 Å². The SMILES string of the molecule is O=S(=O)(CCSc1nnc2sc3ccccc3n12)c1ccc(Cl)cc1. The van der Waals surface area contributed by atoms with Gasteiger partial charge in [-0.2, -0.15) is 0 Å². The van der Waals surface area contributed by atoms with Crippen molar-refractivity contribution >= 4 is 59.7 Å². The van der Waals surface area contributed by atoms with Crippen molar-refractivity contribution in [1.29, 1.82) is 0 Å². The second-order valence-corrected chi connectivity index (χ2v) is 9.91. The number of aromatic nitrogens is 3. The Morgan fingerprint density at radius 3 is 2.64 bits per heavy atom. The summed E-state index contributed by atoms with van der Waals surface area (Å²) >= 11 is 8.77. The van der Waals surface area contributed by atoms with Crippen LogP contribution in [0.2, 0.25) is 5.02 Å². The van der Waals surface area contributed by atoms with Gasteiger partial charge < -0.3 is 0 Å². The Balaban J connectivity index is 1.54. The summed E-state index contributed by atoms with van der Waals surface area (Å²) in [5.74, 6) is 0.423. The van der Waals surface area contributed by atoms with Gasteiger partial charge in [0.05, 0.1) is 20.9 Å². The molecule has 25 heavy (non-hydrogen) atoms. The standard InChI is InChI=1S/C16H12ClN3O2S3/c17-11-5-7-12(8-6-11)25(21,22)10-9-23-15-18-19-16-20(15)13-3-1-2-4-14(13)24-16/h1-8H,9-10H2. The third-order valence-electron chi connectivity index (χ3n) is 3.67. The summed E-state index contributed by atoms with van der Waals surface area (Å²) in [6.07, 6.45) is 0. The number of thiazole rings is 1. The van der Waals surface area contributed by atoms with Crippen LogP contribution in [0.4, 0.5) is 0 Å². The third kappa shape index (κ3) is 3.27. The van der Waals surface area contributed by atoms with E-state index in [0.717, 1.165) is 15.2 Å². The number of nitrogens with zero attached hydrogens (tertiary/aromatic N) is 3. The first-order chi connectivity index (χ1) is 12.0. The Kier molecular flexibility index (Phi) is 4.45. The minimum absolute atomic E-state index is 0.0241. The number of halogens is 1. The molecule has 0 spiro atoms. The van der Waals surface area contributed by atoms with Gasteiger partial charge in [0.2, 0.25) is 4.96 Å². The molecule has 0 saturated carbocycles. The number of hydrogen-bond acceptors (Lipinski definition) is 6. The molecule has 0 fully saturated rings. The minimum atomic E-state index is -3.35. The van der Waals surface area contributed by atoms with Crippen molar-refractivity contribution in [3.05, 3.63) is 53.6 Å². The fourth-order valence-electron chi connectivity index (χ4n) is 2.45. The number of para-hydroxylation sites is 1. The van der Waals surface area contributed by atoms with Crippen LogP contribution in [0.15, 0.2) is 58.6 Å². The first-order valence-corrected chi connectivity index (χ1v) is 11.2. The Morgan fingerprint density at radius 1 is 1.08 bits per heavy atom. The highest BCUT2D eigenvalue weighted by atomic mass is 35.5. The molecule has 2 heterocycles. The van der Waals surface area contributed by atoms with E-state index < -0.39 is 9.84 Å². The lowest BCUT2D eigenvalue weighted by Crippen LogP contribution is -2.09. The van der Waals surface area contributed by atoms with E-state index in [2.05, 4.69) is 10.2 Å². The monoisotopic (exact) mass is 409 g/mol. The van der Waals surface area contributed by atoms with Gasteiger partial charge in [-0.1, -0.05) is 46.8 Å². The van der Waals surface area contributed by atoms with Crippen molar-refractivity contribution in [3.8, 4) is 0 Å². The van der Waals surface area contributed by atoms with E-state index in [1.807, 2.05) is 28.7 Å². The molecule has 4 rings (SSSR count). The molecule has 2 aromatic carbocycles. The van der Waals surface area contributed by atoms with Crippen LogP contribution in [-0.4, -0.2) is 34.5 Å². The summed E-state index contributed by atoms with van der Waals surface area (Å²) in [4.78, 5) is 1.09. The lowest BCUT2D eigenvalue weighted by atomic mass is 10.3. The van der Waals surface area contributed by atoms with Gasteiger partial charge in [-0.3, -0.25) is 4.40 Å². The molecule has 0 aliphatic heterocycles. The highest BCUT2D eigenvalue weighted by Crippen LogP contribution is 2.29. The Bertz CT molecular complexity index is 1150. The number of fused-ring (bicyclic) bond motifs is 3. The Hall–Kier alpha value is -1.61. The zero-order chi connectivity index (χ0) is 17.4. The minimum Gasteiger partial charge on any atom is -0.260 e. The molecule has 0 aliphatic carbocycles. The second-order valence-electron chi connectivity index (χ2n) is 5.29. The van der Waals surface area contributed by atoms with E-state index in [9.17, 15) is 8.42 Å². The van der Waals surface area contributed by atoms with Crippen LogP contribution in [0.1, 0.15) is 0 Å². The van der Waals surface area contributed by atoms with Gasteiger partial charge in [0.1, 0.15) is 0 Å². The second kappa shape index (κ2) is 6.60. The molecule has 0 saturated heterocycles. The molecule has 0 N–H and O–H groups in total. The Morgan fingerprint density at radius 2 is 1.84 bits per heavy atom. The number of rotatable bonds is 5. The molecule has 5 nitrogen and oxygen atoms in total. The summed E-state index contributed by atoms with van der Waals surface area (Å²) < 4.78 is 27.9. The van der Waals surface area contributed by atoms with Crippen LogP contribution in [0.3, 0.4) is 0 Å². The van der Waals surface area contributed by atoms with Gasteiger partial charge in [0, 0.05) is 10.8 Å². The average molecular weight is 410 g/mol. The van der Waals surface area contributed by atoms with E-state index in [1.54, 1.807) is 23.5 Å². The third-order valence-corrected chi connectivity index (χ3v) is 7.85. The lowest BCUT2D eigenvalue weighted by molar-refractivity contribution is 0.597. The van der Waals surface area contributed by atoms with Crippen molar-refractivity contribution in [2.24, 2.45) is 0 Å². The zero-order valence-corrected chi connectivity index (χ0v) is 16.0. The van der Waals surface area contributed by atoms with Crippen molar-refractivity contribution in [1.82, 2.24) is 14.6 Å². The highest BCUT2D eigenvalue weighted by molar-refractivity contribution is 8.00. The van der Waals surface area contributed by atoms with E-state index >= 15 is 0 Å². The summed E-state index contributed by atoms with van der Waals surface area (Å²) in [7, 11) is -3.35. The summed E-state index contributed by atoms with van der Waals surface area (Å²) in [6.45, 7) is 0. The number of sulfone groups is 1. The molecule has 0 atom stereocenters. The van der Waals surface area contributed by atoms with E-state index in [0.29, 0.717) is 15.9 Å². The maximum atomic E-state index is 12.4. The predicted molar refractivity (Wildman–Crippen MR) is 103 cm³/mol. The van der Waals surface area contributed by atoms with Crippen LogP contribution in [-0.2, 0) is 9.84 Å². The molecule has 9 heteroatoms. The molecule has 0 unspecified atom stereocenters. The van der Waals surface area contributed by atoms with Crippen molar-refractivity contribution < 1.29 is 8.42 Å². The molecular formula is C16H12ClN3O2S3. The normalized spacial score (nSPS) is 12.2. The fraction of sp³-hybridized carbons (Fsp3) is 0.125. The van der Waals surface area contributed by atoms with Gasteiger partial charge in [-0.15, -0.1) is 10.2 Å². The highest BCUT2D eigenvalue weighted by Gasteiger charge is 2.17. The predicted octanol–water partition coefficient (Wildman–Crippen LogP) is 4.16. The van der Waals surface area contributed by atoms with E-state index in [-0.39, 0.29) is 10.6 Å². The summed E-state index contributed by atoms with van der Waals surface area (Å²) in [5, 5.41) is 9.59. The molecule has 4 aromatic rings. The summed E-state index contributed by atoms with van der Waals surface area (Å²) in [5.41, 5.74) is 1.04. The van der Waals surface area contributed by atoms with Crippen LogP contribution in [0.25, 0.3) is 15.2 Å². The van der Waals surface area contributed by atoms with Crippen LogP contribution >= 0.6 is 34.7 Å².